The Hall–Kier alpha value is -2.11. The summed E-state index contributed by atoms with van der Waals surface area (Å²) in [5.41, 5.74) is 1.03. The van der Waals surface area contributed by atoms with Crippen molar-refractivity contribution in [3.05, 3.63) is 52.3 Å². The van der Waals surface area contributed by atoms with E-state index in [0.29, 0.717) is 15.6 Å². The maximum absolute atomic E-state index is 11.5. The lowest BCUT2D eigenvalue weighted by molar-refractivity contribution is 0.0699. The lowest BCUT2D eigenvalue weighted by Gasteiger charge is -2.02. The summed E-state index contributed by atoms with van der Waals surface area (Å²) in [7, 11) is 0. The number of fused-ring (bicyclic) bond motifs is 1. The number of hydrogen-bond donors (Lipinski definition) is 1. The van der Waals surface area contributed by atoms with Gasteiger partial charge in [0, 0.05) is 23.0 Å². The average Bonchev–Trinajstić information content (AvgIpc) is 2.77. The lowest BCUT2D eigenvalue weighted by Crippen LogP contribution is -1.99. The Morgan fingerprint density at radius 3 is 2.80 bits per heavy atom. The van der Waals surface area contributed by atoms with E-state index in [-0.39, 0.29) is 16.9 Å². The molecule has 0 unspecified atom stereocenters. The van der Waals surface area contributed by atoms with Crippen molar-refractivity contribution in [2.75, 3.05) is 0 Å². The minimum atomic E-state index is -1.11. The number of nitrogens with zero attached hydrogens (tertiary/aromatic N) is 3. The molecule has 1 N–H and O–H groups in total. The molecule has 2 aromatic heterocycles. The largest absolute Gasteiger partial charge is 0.477 e. The lowest BCUT2D eigenvalue weighted by atomic mass is 10.1. The normalized spacial score (nSPS) is 10.9. The van der Waals surface area contributed by atoms with Gasteiger partial charge in [0.15, 0.2) is 5.65 Å². The molecule has 0 aliphatic carbocycles. The first-order valence-corrected chi connectivity index (χ1v) is 6.35. The number of carbonyl (C=O) groups is 1. The van der Waals surface area contributed by atoms with Crippen LogP contribution < -0.4 is 0 Å². The molecule has 20 heavy (non-hydrogen) atoms. The third kappa shape index (κ3) is 2.01. The van der Waals surface area contributed by atoms with Crippen LogP contribution in [0.5, 0.6) is 0 Å². The summed E-state index contributed by atoms with van der Waals surface area (Å²) >= 11 is 12.0. The molecule has 0 atom stereocenters. The minimum Gasteiger partial charge on any atom is -0.477 e. The van der Waals surface area contributed by atoms with Crippen molar-refractivity contribution in [3.8, 4) is 11.3 Å². The monoisotopic (exact) mass is 307 g/mol. The third-order valence-electron chi connectivity index (χ3n) is 2.80. The zero-order valence-corrected chi connectivity index (χ0v) is 11.4. The summed E-state index contributed by atoms with van der Waals surface area (Å²) in [5, 5.41) is 14.4. The van der Waals surface area contributed by atoms with Gasteiger partial charge in [-0.2, -0.15) is 5.10 Å². The number of carboxylic acids is 1. The Morgan fingerprint density at radius 1 is 1.30 bits per heavy atom. The number of aromatic carboxylic acids is 1. The molecule has 0 bridgehead atoms. The quantitative estimate of drug-likeness (QED) is 0.788. The van der Waals surface area contributed by atoms with Gasteiger partial charge in [0.05, 0.1) is 5.02 Å². The van der Waals surface area contributed by atoms with E-state index in [4.69, 9.17) is 23.2 Å². The van der Waals surface area contributed by atoms with Gasteiger partial charge >= 0.3 is 5.97 Å². The minimum absolute atomic E-state index is 0.00909. The van der Waals surface area contributed by atoms with Crippen LogP contribution in [0, 0.1) is 0 Å². The van der Waals surface area contributed by atoms with Crippen molar-refractivity contribution in [1.82, 2.24) is 14.6 Å². The van der Waals surface area contributed by atoms with Crippen LogP contribution in [0.3, 0.4) is 0 Å². The van der Waals surface area contributed by atoms with E-state index < -0.39 is 5.97 Å². The summed E-state index contributed by atoms with van der Waals surface area (Å²) in [4.78, 5) is 15.5. The highest BCUT2D eigenvalue weighted by Crippen LogP contribution is 2.32. The molecule has 3 rings (SSSR count). The predicted octanol–water partition coefficient (Wildman–Crippen LogP) is 3.40. The fourth-order valence-corrected chi connectivity index (χ4v) is 2.45. The van der Waals surface area contributed by atoms with E-state index in [0.717, 1.165) is 0 Å². The average molecular weight is 308 g/mol. The van der Waals surface area contributed by atoms with Crippen LogP contribution in [-0.4, -0.2) is 25.7 Å². The van der Waals surface area contributed by atoms with Crippen LogP contribution >= 0.6 is 23.2 Å². The van der Waals surface area contributed by atoms with Gasteiger partial charge in [0.25, 0.3) is 0 Å². The van der Waals surface area contributed by atoms with Gasteiger partial charge in [-0.3, -0.25) is 0 Å². The van der Waals surface area contributed by atoms with Crippen LogP contribution in [0.1, 0.15) is 10.4 Å². The Balaban J connectivity index is 2.35. The second-order valence-electron chi connectivity index (χ2n) is 4.04. The molecule has 100 valence electrons. The number of halogens is 2. The first-order valence-electron chi connectivity index (χ1n) is 5.60. The third-order valence-corrected chi connectivity index (χ3v) is 3.34. The van der Waals surface area contributed by atoms with Crippen molar-refractivity contribution in [2.24, 2.45) is 0 Å². The zero-order chi connectivity index (χ0) is 14.3. The molecule has 0 aliphatic rings. The van der Waals surface area contributed by atoms with E-state index in [2.05, 4.69) is 10.1 Å². The molecule has 1 aromatic carbocycles. The standard InChI is InChI=1S/C13H7Cl2N3O2/c14-7-2-3-8(9(15)6-7)11-10(13(19)20)12-16-4-1-5-18(12)17-11/h1-6H,(H,19,20). The summed E-state index contributed by atoms with van der Waals surface area (Å²) < 4.78 is 1.41. The van der Waals surface area contributed by atoms with E-state index >= 15 is 0 Å². The highest BCUT2D eigenvalue weighted by atomic mass is 35.5. The molecule has 0 spiro atoms. The SMILES string of the molecule is O=C(O)c1c(-c2ccc(Cl)cc2Cl)nn2cccnc12. The van der Waals surface area contributed by atoms with Crippen molar-refractivity contribution in [3.63, 3.8) is 0 Å². The van der Waals surface area contributed by atoms with Gasteiger partial charge in [-0.15, -0.1) is 0 Å². The highest BCUT2D eigenvalue weighted by molar-refractivity contribution is 6.36. The Kier molecular flexibility index (Phi) is 3.08. The van der Waals surface area contributed by atoms with Crippen molar-refractivity contribution in [1.29, 1.82) is 0 Å². The summed E-state index contributed by atoms with van der Waals surface area (Å²) in [6, 6.07) is 6.48. The molecule has 0 fully saturated rings. The van der Waals surface area contributed by atoms with Gasteiger partial charge in [-0.25, -0.2) is 14.3 Å². The smallest absolute Gasteiger partial charge is 0.341 e. The first kappa shape index (κ1) is 12.9. The van der Waals surface area contributed by atoms with Gasteiger partial charge in [0.1, 0.15) is 11.3 Å². The molecule has 3 aromatic rings. The van der Waals surface area contributed by atoms with Crippen molar-refractivity contribution >= 4 is 34.8 Å². The maximum atomic E-state index is 11.5. The Labute approximate surface area is 123 Å². The molecule has 5 nitrogen and oxygen atoms in total. The number of rotatable bonds is 2. The second-order valence-corrected chi connectivity index (χ2v) is 4.88. The molecule has 0 saturated heterocycles. The summed E-state index contributed by atoms with van der Waals surface area (Å²) in [6.07, 6.45) is 3.14. The molecular formula is C13H7Cl2N3O2. The van der Waals surface area contributed by atoms with E-state index in [1.807, 2.05) is 0 Å². The van der Waals surface area contributed by atoms with Gasteiger partial charge in [0.2, 0.25) is 0 Å². The van der Waals surface area contributed by atoms with Crippen molar-refractivity contribution < 1.29 is 9.90 Å². The molecular weight excluding hydrogens is 301 g/mol. The molecule has 0 amide bonds. The van der Waals surface area contributed by atoms with Crippen LogP contribution in [0.15, 0.2) is 36.7 Å². The van der Waals surface area contributed by atoms with E-state index in [1.165, 1.54) is 10.7 Å². The molecule has 0 aliphatic heterocycles. The van der Waals surface area contributed by atoms with Crippen LogP contribution in [0.25, 0.3) is 16.9 Å². The van der Waals surface area contributed by atoms with Crippen molar-refractivity contribution in [2.45, 2.75) is 0 Å². The molecule has 2 heterocycles. The van der Waals surface area contributed by atoms with Gasteiger partial charge in [-0.1, -0.05) is 23.2 Å². The van der Waals surface area contributed by atoms with Gasteiger partial charge in [-0.05, 0) is 24.3 Å². The molecule has 0 radical (unpaired) electrons. The Bertz CT molecular complexity index is 830. The number of carboxylic acid groups (broad SMARTS) is 1. The van der Waals surface area contributed by atoms with E-state index in [9.17, 15) is 9.90 Å². The zero-order valence-electron chi connectivity index (χ0n) is 9.92. The van der Waals surface area contributed by atoms with Crippen LogP contribution in [0.4, 0.5) is 0 Å². The Morgan fingerprint density at radius 2 is 2.10 bits per heavy atom. The highest BCUT2D eigenvalue weighted by Gasteiger charge is 2.22. The molecule has 7 heteroatoms. The van der Waals surface area contributed by atoms with E-state index in [1.54, 1.807) is 30.5 Å². The fourth-order valence-electron chi connectivity index (χ4n) is 1.95. The number of benzene rings is 1. The summed E-state index contributed by atoms with van der Waals surface area (Å²) in [5.74, 6) is -1.11. The van der Waals surface area contributed by atoms with Crippen LogP contribution in [0.2, 0.25) is 10.0 Å². The van der Waals surface area contributed by atoms with Gasteiger partial charge < -0.3 is 5.11 Å². The summed E-state index contributed by atoms with van der Waals surface area (Å²) in [6.45, 7) is 0. The number of hydrogen-bond acceptors (Lipinski definition) is 3. The molecule has 0 saturated carbocycles. The predicted molar refractivity (Wildman–Crippen MR) is 75.4 cm³/mol. The first-order chi connectivity index (χ1) is 9.58. The maximum Gasteiger partial charge on any atom is 0.341 e. The van der Waals surface area contributed by atoms with Crippen LogP contribution in [-0.2, 0) is 0 Å². The number of aromatic nitrogens is 3. The fraction of sp³-hybridized carbons (Fsp3) is 0. The second kappa shape index (κ2) is 4.77. The topological polar surface area (TPSA) is 67.5 Å².